The summed E-state index contributed by atoms with van der Waals surface area (Å²) in [6.07, 6.45) is 0. The van der Waals surface area contributed by atoms with Gasteiger partial charge in [0.25, 0.3) is 0 Å². The predicted molar refractivity (Wildman–Crippen MR) is 61.1 cm³/mol. The van der Waals surface area contributed by atoms with Crippen molar-refractivity contribution in [2.45, 2.75) is 54.1 Å². The molecule has 0 aromatic heterocycles. The molecular formula is C13H22O. The van der Waals surface area contributed by atoms with Gasteiger partial charge in [-0.05, 0) is 57.3 Å². The van der Waals surface area contributed by atoms with Gasteiger partial charge >= 0.3 is 0 Å². The fourth-order valence-corrected chi connectivity index (χ4v) is 2.57. The summed E-state index contributed by atoms with van der Waals surface area (Å²) in [6.45, 7) is 15.2. The van der Waals surface area contributed by atoms with E-state index in [1.165, 1.54) is 16.7 Å². The van der Waals surface area contributed by atoms with Crippen molar-refractivity contribution in [1.29, 1.82) is 0 Å². The van der Waals surface area contributed by atoms with E-state index in [1.54, 1.807) is 0 Å². The van der Waals surface area contributed by atoms with Gasteiger partial charge in [-0.1, -0.05) is 13.8 Å². The van der Waals surface area contributed by atoms with Crippen LogP contribution in [-0.4, -0.2) is 5.60 Å². The van der Waals surface area contributed by atoms with E-state index in [2.05, 4.69) is 48.5 Å². The maximum atomic E-state index is 6.00. The lowest BCUT2D eigenvalue weighted by Gasteiger charge is -2.25. The summed E-state index contributed by atoms with van der Waals surface area (Å²) in [5.74, 6) is 1.65. The van der Waals surface area contributed by atoms with E-state index in [-0.39, 0.29) is 5.60 Å². The molecule has 0 aromatic rings. The Morgan fingerprint density at radius 3 is 1.93 bits per heavy atom. The van der Waals surface area contributed by atoms with Gasteiger partial charge in [0.15, 0.2) is 0 Å². The van der Waals surface area contributed by atoms with Crippen molar-refractivity contribution in [2.24, 2.45) is 5.92 Å². The second-order valence-corrected chi connectivity index (χ2v) is 5.13. The number of hydrogen-bond donors (Lipinski definition) is 0. The lowest BCUT2D eigenvalue weighted by atomic mass is 9.87. The van der Waals surface area contributed by atoms with Gasteiger partial charge in [0.1, 0.15) is 11.4 Å². The lowest BCUT2D eigenvalue weighted by molar-refractivity contribution is 0.0849. The van der Waals surface area contributed by atoms with Crippen molar-refractivity contribution in [2.75, 3.05) is 0 Å². The highest BCUT2D eigenvalue weighted by molar-refractivity contribution is 5.42. The molecule has 0 saturated carbocycles. The zero-order valence-electron chi connectivity index (χ0n) is 10.5. The average Bonchev–Trinajstić information content (AvgIpc) is 2.20. The summed E-state index contributed by atoms with van der Waals surface area (Å²) in [5, 5.41) is 0. The summed E-state index contributed by atoms with van der Waals surface area (Å²) < 4.78 is 6.00. The van der Waals surface area contributed by atoms with Gasteiger partial charge in [0, 0.05) is 0 Å². The molecule has 0 radical (unpaired) electrons. The summed E-state index contributed by atoms with van der Waals surface area (Å²) in [5.41, 5.74) is 3.93. The van der Waals surface area contributed by atoms with Crippen LogP contribution in [0.3, 0.4) is 0 Å². The Bertz CT molecular complexity index is 299. The molecule has 0 N–H and O–H groups in total. The predicted octanol–water partition coefficient (Wildman–Crippen LogP) is 4.06. The average molecular weight is 194 g/mol. The molecule has 1 nitrogen and oxygen atoms in total. The second-order valence-electron chi connectivity index (χ2n) is 5.13. The topological polar surface area (TPSA) is 9.23 Å². The molecule has 14 heavy (non-hydrogen) atoms. The van der Waals surface area contributed by atoms with Gasteiger partial charge < -0.3 is 4.74 Å². The van der Waals surface area contributed by atoms with Crippen molar-refractivity contribution in [3.63, 3.8) is 0 Å². The molecule has 1 heteroatoms. The first-order valence-electron chi connectivity index (χ1n) is 5.35. The Labute approximate surface area is 87.8 Å². The quantitative estimate of drug-likeness (QED) is 0.611. The van der Waals surface area contributed by atoms with Crippen LogP contribution in [0.5, 0.6) is 0 Å². The fourth-order valence-electron chi connectivity index (χ4n) is 2.57. The molecule has 0 aliphatic carbocycles. The van der Waals surface area contributed by atoms with E-state index >= 15 is 0 Å². The summed E-state index contributed by atoms with van der Waals surface area (Å²) in [6, 6.07) is 0. The lowest BCUT2D eigenvalue weighted by Crippen LogP contribution is -2.24. The number of hydrogen-bond acceptors (Lipinski definition) is 1. The number of allylic oxidation sites excluding steroid dienone is 2. The zero-order valence-corrected chi connectivity index (χ0v) is 10.5. The van der Waals surface area contributed by atoms with Crippen LogP contribution in [0, 0.1) is 5.92 Å². The summed E-state index contributed by atoms with van der Waals surface area (Å²) >= 11 is 0. The van der Waals surface area contributed by atoms with Gasteiger partial charge in [0.05, 0.1) is 0 Å². The SMILES string of the molecule is CC(C)=C1OC(C)(C)C(C(C)C)=C1C. The molecule has 1 rings (SSSR count). The van der Waals surface area contributed by atoms with Crippen LogP contribution < -0.4 is 0 Å². The minimum Gasteiger partial charge on any atom is -0.483 e. The Balaban J connectivity index is 3.27. The highest BCUT2D eigenvalue weighted by Gasteiger charge is 2.37. The van der Waals surface area contributed by atoms with Gasteiger partial charge in [0.2, 0.25) is 0 Å². The standard InChI is InChI=1S/C13H22O/c1-8(2)11-10(5)12(9(3)4)14-13(11,6)7/h8H,1-7H3. The monoisotopic (exact) mass is 194 g/mol. The molecular weight excluding hydrogens is 172 g/mol. The fraction of sp³-hybridized carbons (Fsp3) is 0.692. The summed E-state index contributed by atoms with van der Waals surface area (Å²) in [7, 11) is 0. The molecule has 80 valence electrons. The van der Waals surface area contributed by atoms with Crippen molar-refractivity contribution in [1.82, 2.24) is 0 Å². The first kappa shape index (κ1) is 11.4. The maximum absolute atomic E-state index is 6.00. The third-order valence-electron chi connectivity index (χ3n) is 2.78. The van der Waals surface area contributed by atoms with Crippen LogP contribution in [0.4, 0.5) is 0 Å². The molecule has 0 saturated heterocycles. The highest BCUT2D eigenvalue weighted by atomic mass is 16.5. The Hall–Kier alpha value is -0.720. The Morgan fingerprint density at radius 1 is 1.21 bits per heavy atom. The zero-order chi connectivity index (χ0) is 11.1. The largest absolute Gasteiger partial charge is 0.483 e. The Morgan fingerprint density at radius 2 is 1.71 bits per heavy atom. The van der Waals surface area contributed by atoms with E-state index in [0.29, 0.717) is 5.92 Å². The Kier molecular flexibility index (Phi) is 2.80. The number of ether oxygens (including phenoxy) is 1. The van der Waals surface area contributed by atoms with Crippen LogP contribution in [0.25, 0.3) is 0 Å². The van der Waals surface area contributed by atoms with Gasteiger partial charge in [-0.2, -0.15) is 0 Å². The van der Waals surface area contributed by atoms with E-state index in [9.17, 15) is 0 Å². The van der Waals surface area contributed by atoms with Crippen molar-refractivity contribution in [3.8, 4) is 0 Å². The third-order valence-corrected chi connectivity index (χ3v) is 2.78. The van der Waals surface area contributed by atoms with E-state index in [1.807, 2.05) is 0 Å². The molecule has 0 atom stereocenters. The maximum Gasteiger partial charge on any atom is 0.125 e. The first-order valence-corrected chi connectivity index (χ1v) is 5.35. The van der Waals surface area contributed by atoms with Crippen molar-refractivity contribution in [3.05, 3.63) is 22.5 Å². The van der Waals surface area contributed by atoms with Crippen LogP contribution in [0.1, 0.15) is 48.5 Å². The summed E-state index contributed by atoms with van der Waals surface area (Å²) in [4.78, 5) is 0. The van der Waals surface area contributed by atoms with Crippen LogP contribution in [0.2, 0.25) is 0 Å². The smallest absolute Gasteiger partial charge is 0.125 e. The molecule has 0 amide bonds. The van der Waals surface area contributed by atoms with Gasteiger partial charge in [-0.15, -0.1) is 0 Å². The number of rotatable bonds is 1. The molecule has 0 spiro atoms. The normalized spacial score (nSPS) is 20.4. The molecule has 1 aliphatic rings. The van der Waals surface area contributed by atoms with Crippen LogP contribution in [-0.2, 0) is 4.74 Å². The van der Waals surface area contributed by atoms with Crippen molar-refractivity contribution >= 4 is 0 Å². The molecule has 1 aliphatic heterocycles. The molecule has 0 unspecified atom stereocenters. The molecule has 0 fully saturated rings. The minimum absolute atomic E-state index is 0.120. The molecule has 0 bridgehead atoms. The van der Waals surface area contributed by atoms with Crippen LogP contribution in [0.15, 0.2) is 22.5 Å². The van der Waals surface area contributed by atoms with Gasteiger partial charge in [-0.3, -0.25) is 0 Å². The van der Waals surface area contributed by atoms with Crippen molar-refractivity contribution < 1.29 is 4.74 Å². The van der Waals surface area contributed by atoms with Gasteiger partial charge in [-0.25, -0.2) is 0 Å². The highest BCUT2D eigenvalue weighted by Crippen LogP contribution is 2.42. The molecule has 0 aromatic carbocycles. The second kappa shape index (κ2) is 3.45. The van der Waals surface area contributed by atoms with E-state index in [4.69, 9.17) is 4.74 Å². The van der Waals surface area contributed by atoms with Crippen LogP contribution >= 0.6 is 0 Å². The first-order chi connectivity index (χ1) is 6.27. The molecule has 1 heterocycles. The van der Waals surface area contributed by atoms with E-state index < -0.39 is 0 Å². The van der Waals surface area contributed by atoms with E-state index in [0.717, 1.165) is 5.76 Å². The third kappa shape index (κ3) is 1.73. The minimum atomic E-state index is -0.120.